The Hall–Kier alpha value is -1.55. The van der Waals surface area contributed by atoms with E-state index in [0.29, 0.717) is 17.7 Å². The molecule has 0 unspecified atom stereocenters. The van der Waals surface area contributed by atoms with Crippen LogP contribution in [0.25, 0.3) is 0 Å². The van der Waals surface area contributed by atoms with Crippen LogP contribution >= 0.6 is 11.3 Å². The summed E-state index contributed by atoms with van der Waals surface area (Å²) < 4.78 is 5.73. The highest BCUT2D eigenvalue weighted by Crippen LogP contribution is 2.20. The molecule has 0 aliphatic rings. The Labute approximate surface area is 112 Å². The van der Waals surface area contributed by atoms with Crippen molar-refractivity contribution >= 4 is 16.5 Å². The number of nitrogen functional groups attached to an aromatic ring is 1. The van der Waals surface area contributed by atoms with Crippen molar-refractivity contribution in [2.24, 2.45) is 0 Å². The van der Waals surface area contributed by atoms with Gasteiger partial charge in [-0.3, -0.25) is 0 Å². The van der Waals surface area contributed by atoms with Gasteiger partial charge in [-0.25, -0.2) is 4.98 Å². The number of hydrogen-bond acceptors (Lipinski definition) is 4. The normalized spacial score (nSPS) is 10.8. The van der Waals surface area contributed by atoms with Gasteiger partial charge in [0.2, 0.25) is 0 Å². The molecular formula is C14H18N2OS. The Morgan fingerprint density at radius 1 is 1.39 bits per heavy atom. The van der Waals surface area contributed by atoms with Gasteiger partial charge in [-0.2, -0.15) is 0 Å². The Bertz CT molecular complexity index is 508. The summed E-state index contributed by atoms with van der Waals surface area (Å²) in [6.07, 6.45) is 0.791. The lowest BCUT2D eigenvalue weighted by molar-refractivity contribution is 0.320. The predicted octanol–water partition coefficient (Wildman–Crippen LogP) is 3.47. The molecule has 0 saturated carbocycles. The van der Waals surface area contributed by atoms with Crippen molar-refractivity contribution in [3.8, 4) is 5.75 Å². The summed E-state index contributed by atoms with van der Waals surface area (Å²) in [4.78, 5) is 4.20. The van der Waals surface area contributed by atoms with Crippen molar-refractivity contribution in [1.29, 1.82) is 0 Å². The molecule has 1 heterocycles. The van der Waals surface area contributed by atoms with Crippen LogP contribution in [0.4, 0.5) is 5.13 Å². The Morgan fingerprint density at radius 3 is 2.89 bits per heavy atom. The van der Waals surface area contributed by atoms with Gasteiger partial charge in [-0.05, 0) is 23.6 Å². The van der Waals surface area contributed by atoms with Gasteiger partial charge >= 0.3 is 0 Å². The van der Waals surface area contributed by atoms with Crippen molar-refractivity contribution in [2.45, 2.75) is 26.2 Å². The number of aromatic nitrogens is 1. The second-order valence-electron chi connectivity index (χ2n) is 4.50. The van der Waals surface area contributed by atoms with Crippen LogP contribution in [0.15, 0.2) is 29.6 Å². The van der Waals surface area contributed by atoms with Crippen LogP contribution in [-0.4, -0.2) is 11.6 Å². The van der Waals surface area contributed by atoms with Crippen LogP contribution in [0, 0.1) is 0 Å². The summed E-state index contributed by atoms with van der Waals surface area (Å²) in [6, 6.07) is 8.24. The van der Waals surface area contributed by atoms with E-state index in [1.54, 1.807) is 0 Å². The second-order valence-corrected chi connectivity index (χ2v) is 5.39. The summed E-state index contributed by atoms with van der Waals surface area (Å²) in [5, 5.41) is 2.59. The second kappa shape index (κ2) is 5.87. The average Bonchev–Trinajstić information content (AvgIpc) is 2.75. The molecule has 96 valence electrons. The van der Waals surface area contributed by atoms with Gasteiger partial charge in [-0.15, -0.1) is 11.3 Å². The molecule has 4 heteroatoms. The molecule has 0 amide bonds. The lowest BCUT2D eigenvalue weighted by Gasteiger charge is -2.09. The first-order valence-electron chi connectivity index (χ1n) is 6.08. The molecule has 0 atom stereocenters. The molecule has 2 aromatic rings. The summed E-state index contributed by atoms with van der Waals surface area (Å²) in [6.45, 7) is 4.99. The zero-order chi connectivity index (χ0) is 13.0. The van der Waals surface area contributed by atoms with Gasteiger partial charge in [0.25, 0.3) is 0 Å². The van der Waals surface area contributed by atoms with Gasteiger partial charge < -0.3 is 10.5 Å². The van der Waals surface area contributed by atoms with E-state index < -0.39 is 0 Å². The molecule has 1 aromatic heterocycles. The number of ether oxygens (including phenoxy) is 1. The van der Waals surface area contributed by atoms with Crippen molar-refractivity contribution in [3.05, 3.63) is 40.9 Å². The van der Waals surface area contributed by atoms with Crippen molar-refractivity contribution in [1.82, 2.24) is 4.98 Å². The number of benzene rings is 1. The number of anilines is 1. The maximum Gasteiger partial charge on any atom is 0.180 e. The van der Waals surface area contributed by atoms with E-state index in [2.05, 4.69) is 31.0 Å². The summed E-state index contributed by atoms with van der Waals surface area (Å²) in [5.41, 5.74) is 7.88. The fraction of sp³-hybridized carbons (Fsp3) is 0.357. The third-order valence-corrected chi connectivity index (χ3v) is 3.44. The molecule has 2 rings (SSSR count). The minimum absolute atomic E-state index is 0.520. The van der Waals surface area contributed by atoms with E-state index in [4.69, 9.17) is 10.5 Å². The monoisotopic (exact) mass is 262 g/mol. The number of nitrogens with zero attached hydrogens (tertiary/aromatic N) is 1. The smallest absolute Gasteiger partial charge is 0.180 e. The number of nitrogens with two attached hydrogens (primary N) is 1. The molecule has 0 spiro atoms. The maximum atomic E-state index is 5.73. The van der Waals surface area contributed by atoms with Crippen molar-refractivity contribution in [3.63, 3.8) is 0 Å². The minimum atomic E-state index is 0.520. The highest BCUT2D eigenvalue weighted by Gasteiger charge is 2.02. The first-order valence-corrected chi connectivity index (χ1v) is 6.96. The van der Waals surface area contributed by atoms with Gasteiger partial charge in [0.15, 0.2) is 5.13 Å². The van der Waals surface area contributed by atoms with Crippen LogP contribution in [0.3, 0.4) is 0 Å². The summed E-state index contributed by atoms with van der Waals surface area (Å²) >= 11 is 1.47. The summed E-state index contributed by atoms with van der Waals surface area (Å²) in [7, 11) is 0. The van der Waals surface area contributed by atoms with Crippen molar-refractivity contribution < 1.29 is 4.74 Å². The van der Waals surface area contributed by atoms with Gasteiger partial charge in [0, 0.05) is 11.8 Å². The van der Waals surface area contributed by atoms with E-state index in [1.165, 1.54) is 16.9 Å². The highest BCUT2D eigenvalue weighted by molar-refractivity contribution is 7.13. The quantitative estimate of drug-likeness (QED) is 0.897. The number of hydrogen-bond donors (Lipinski definition) is 1. The zero-order valence-electron chi connectivity index (χ0n) is 10.7. The molecule has 0 saturated heterocycles. The Balaban J connectivity index is 1.88. The minimum Gasteiger partial charge on any atom is -0.493 e. The molecule has 2 N–H and O–H groups in total. The van der Waals surface area contributed by atoms with Crippen LogP contribution in [0.2, 0.25) is 0 Å². The molecule has 1 aromatic carbocycles. The first kappa shape index (κ1) is 12.9. The van der Waals surface area contributed by atoms with E-state index in [0.717, 1.165) is 17.9 Å². The molecule has 18 heavy (non-hydrogen) atoms. The third-order valence-electron chi connectivity index (χ3n) is 2.72. The largest absolute Gasteiger partial charge is 0.493 e. The lowest BCUT2D eigenvalue weighted by atomic mass is 10.0. The average molecular weight is 262 g/mol. The van der Waals surface area contributed by atoms with Crippen molar-refractivity contribution in [2.75, 3.05) is 12.3 Å². The predicted molar refractivity (Wildman–Crippen MR) is 76.3 cm³/mol. The van der Waals surface area contributed by atoms with E-state index in [1.807, 2.05) is 17.5 Å². The molecule has 0 aliphatic carbocycles. The van der Waals surface area contributed by atoms with Crippen LogP contribution in [-0.2, 0) is 6.42 Å². The van der Waals surface area contributed by atoms with E-state index in [9.17, 15) is 0 Å². The standard InChI is InChI=1S/C14H18N2OS/c1-10(2)11-4-3-5-13(8-11)17-7-6-12-9-18-14(15)16-12/h3-5,8-10H,6-7H2,1-2H3,(H2,15,16). The van der Waals surface area contributed by atoms with Gasteiger partial charge in [-0.1, -0.05) is 26.0 Å². The van der Waals surface area contributed by atoms with Crippen LogP contribution in [0.1, 0.15) is 31.0 Å². The lowest BCUT2D eigenvalue weighted by Crippen LogP contribution is -2.02. The topological polar surface area (TPSA) is 48.1 Å². The number of rotatable bonds is 5. The third kappa shape index (κ3) is 3.47. The molecular weight excluding hydrogens is 244 g/mol. The highest BCUT2D eigenvalue weighted by atomic mass is 32.1. The fourth-order valence-corrected chi connectivity index (χ4v) is 2.27. The Kier molecular flexibility index (Phi) is 4.20. The van der Waals surface area contributed by atoms with Crippen LogP contribution in [0.5, 0.6) is 5.75 Å². The number of thiazole rings is 1. The molecule has 3 nitrogen and oxygen atoms in total. The SMILES string of the molecule is CC(C)c1cccc(OCCc2csc(N)n2)c1. The Morgan fingerprint density at radius 2 is 2.22 bits per heavy atom. The van der Waals surface area contributed by atoms with Gasteiger partial charge in [0.1, 0.15) is 5.75 Å². The molecule has 0 fully saturated rings. The van der Waals surface area contributed by atoms with E-state index in [-0.39, 0.29) is 0 Å². The summed E-state index contributed by atoms with van der Waals surface area (Å²) in [5.74, 6) is 1.44. The van der Waals surface area contributed by atoms with E-state index >= 15 is 0 Å². The molecule has 0 aliphatic heterocycles. The molecule has 0 bridgehead atoms. The van der Waals surface area contributed by atoms with Gasteiger partial charge in [0.05, 0.1) is 12.3 Å². The molecule has 0 radical (unpaired) electrons. The first-order chi connectivity index (χ1) is 8.65. The zero-order valence-corrected chi connectivity index (χ0v) is 11.5. The van der Waals surface area contributed by atoms with Crippen LogP contribution < -0.4 is 10.5 Å². The fourth-order valence-electron chi connectivity index (χ4n) is 1.67. The maximum absolute atomic E-state index is 5.73.